The van der Waals surface area contributed by atoms with Crippen molar-refractivity contribution in [2.24, 2.45) is 0 Å². The van der Waals surface area contributed by atoms with Crippen LogP contribution in [0.1, 0.15) is 36.7 Å². The minimum atomic E-state index is -0.548. The van der Waals surface area contributed by atoms with Gasteiger partial charge in [-0.2, -0.15) is 0 Å². The predicted molar refractivity (Wildman–Crippen MR) is 94.2 cm³/mol. The molecule has 5 nitrogen and oxygen atoms in total. The van der Waals surface area contributed by atoms with Gasteiger partial charge >= 0.3 is 0 Å². The Hall–Kier alpha value is -2.82. The zero-order chi connectivity index (χ0) is 17.7. The van der Waals surface area contributed by atoms with Gasteiger partial charge in [0.15, 0.2) is 0 Å². The Labute approximate surface area is 142 Å². The van der Waals surface area contributed by atoms with Gasteiger partial charge in [-0.05, 0) is 49.7 Å². The molecule has 0 saturated heterocycles. The number of benzene rings is 2. The van der Waals surface area contributed by atoms with Crippen molar-refractivity contribution in [2.75, 3.05) is 12.4 Å². The van der Waals surface area contributed by atoms with Crippen LogP contribution in [0.4, 0.5) is 5.69 Å². The summed E-state index contributed by atoms with van der Waals surface area (Å²) in [5.74, 6) is 0.387. The van der Waals surface area contributed by atoms with Gasteiger partial charge in [0, 0.05) is 18.2 Å². The molecule has 0 aliphatic carbocycles. The monoisotopic (exact) mass is 326 g/mol. The molecule has 0 unspecified atom stereocenters. The number of carbonyl (C=O) groups excluding carboxylic acids is 2. The molecule has 0 saturated carbocycles. The van der Waals surface area contributed by atoms with Crippen molar-refractivity contribution in [1.29, 1.82) is 0 Å². The zero-order valence-corrected chi connectivity index (χ0v) is 14.3. The minimum absolute atomic E-state index is 0.175. The fourth-order valence-corrected chi connectivity index (χ4v) is 2.38. The zero-order valence-electron chi connectivity index (χ0n) is 14.3. The van der Waals surface area contributed by atoms with Gasteiger partial charge in [0.2, 0.25) is 5.91 Å². The topological polar surface area (TPSA) is 67.4 Å². The molecule has 0 spiro atoms. The summed E-state index contributed by atoms with van der Waals surface area (Å²) in [6.45, 7) is 5.30. The average molecular weight is 326 g/mol. The lowest BCUT2D eigenvalue weighted by atomic mass is 9.93. The smallest absolute Gasteiger partial charge is 0.252 e. The molecule has 2 N–H and O–H groups in total. The molecule has 0 bridgehead atoms. The molecule has 0 aliphatic heterocycles. The van der Waals surface area contributed by atoms with Crippen LogP contribution in [0.5, 0.6) is 5.75 Å². The van der Waals surface area contributed by atoms with E-state index in [1.807, 2.05) is 38.1 Å². The molecule has 0 heterocycles. The normalized spacial score (nSPS) is 10.8. The van der Waals surface area contributed by atoms with Gasteiger partial charge in [0.1, 0.15) is 5.75 Å². The van der Waals surface area contributed by atoms with Gasteiger partial charge in [-0.3, -0.25) is 9.59 Å². The highest BCUT2D eigenvalue weighted by Crippen LogP contribution is 2.23. The van der Waals surface area contributed by atoms with Gasteiger partial charge in [0.25, 0.3) is 5.91 Å². The number of carbonyl (C=O) groups is 2. The molecule has 24 heavy (non-hydrogen) atoms. The SMILES string of the molecule is COc1ccc(C(C)(C)NC(=O)c2cccc(NC(C)=O)c2)cc1. The molecule has 0 fully saturated rings. The van der Waals surface area contributed by atoms with Crippen molar-refractivity contribution in [3.8, 4) is 5.75 Å². The van der Waals surface area contributed by atoms with E-state index in [0.717, 1.165) is 11.3 Å². The van der Waals surface area contributed by atoms with Gasteiger partial charge in [-0.25, -0.2) is 0 Å². The molecular formula is C19H22N2O3. The number of hydrogen-bond acceptors (Lipinski definition) is 3. The van der Waals surface area contributed by atoms with E-state index in [1.165, 1.54) is 6.92 Å². The first-order valence-electron chi connectivity index (χ1n) is 7.66. The minimum Gasteiger partial charge on any atom is -0.497 e. The van der Waals surface area contributed by atoms with E-state index in [4.69, 9.17) is 4.74 Å². The van der Waals surface area contributed by atoms with Crippen LogP contribution in [0.3, 0.4) is 0 Å². The fraction of sp³-hybridized carbons (Fsp3) is 0.263. The summed E-state index contributed by atoms with van der Waals surface area (Å²) in [4.78, 5) is 23.7. The number of hydrogen-bond donors (Lipinski definition) is 2. The van der Waals surface area contributed by atoms with Gasteiger partial charge in [0.05, 0.1) is 12.6 Å². The van der Waals surface area contributed by atoms with Gasteiger partial charge < -0.3 is 15.4 Å². The van der Waals surface area contributed by atoms with Crippen molar-refractivity contribution in [1.82, 2.24) is 5.32 Å². The maximum atomic E-state index is 12.5. The molecule has 5 heteroatoms. The van der Waals surface area contributed by atoms with Crippen LogP contribution < -0.4 is 15.4 Å². The van der Waals surface area contributed by atoms with Crippen LogP contribution in [0.2, 0.25) is 0 Å². The van der Waals surface area contributed by atoms with Crippen molar-refractivity contribution in [3.63, 3.8) is 0 Å². The van der Waals surface area contributed by atoms with Crippen LogP contribution in [-0.2, 0) is 10.3 Å². The van der Waals surface area contributed by atoms with Crippen molar-refractivity contribution < 1.29 is 14.3 Å². The van der Waals surface area contributed by atoms with E-state index in [1.54, 1.807) is 31.4 Å². The molecule has 0 aromatic heterocycles. The van der Waals surface area contributed by atoms with E-state index in [0.29, 0.717) is 11.3 Å². The molecule has 2 amide bonds. The predicted octanol–water partition coefficient (Wildman–Crippen LogP) is 3.32. The maximum Gasteiger partial charge on any atom is 0.252 e. The average Bonchev–Trinajstić information content (AvgIpc) is 2.54. The summed E-state index contributed by atoms with van der Waals surface area (Å²) in [7, 11) is 1.62. The summed E-state index contributed by atoms with van der Waals surface area (Å²) >= 11 is 0. The number of methoxy groups -OCH3 is 1. The largest absolute Gasteiger partial charge is 0.497 e. The van der Waals surface area contributed by atoms with Crippen LogP contribution in [-0.4, -0.2) is 18.9 Å². The molecule has 0 atom stereocenters. The summed E-state index contributed by atoms with van der Waals surface area (Å²) in [6, 6.07) is 14.4. The number of nitrogens with one attached hydrogen (secondary N) is 2. The summed E-state index contributed by atoms with van der Waals surface area (Å²) in [6.07, 6.45) is 0. The van der Waals surface area contributed by atoms with Crippen molar-refractivity contribution in [3.05, 3.63) is 59.7 Å². The Morgan fingerprint density at radius 1 is 1.04 bits per heavy atom. The van der Waals surface area contributed by atoms with E-state index in [2.05, 4.69) is 10.6 Å². The molecule has 2 aromatic carbocycles. The Morgan fingerprint density at radius 3 is 2.29 bits per heavy atom. The first kappa shape index (κ1) is 17.5. The highest BCUT2D eigenvalue weighted by Gasteiger charge is 2.23. The third-order valence-corrected chi connectivity index (χ3v) is 3.68. The highest BCUT2D eigenvalue weighted by atomic mass is 16.5. The highest BCUT2D eigenvalue weighted by molar-refractivity contribution is 5.97. The van der Waals surface area contributed by atoms with E-state index < -0.39 is 5.54 Å². The lowest BCUT2D eigenvalue weighted by Gasteiger charge is -2.27. The lowest BCUT2D eigenvalue weighted by molar-refractivity contribution is -0.114. The molecule has 0 aliphatic rings. The summed E-state index contributed by atoms with van der Waals surface area (Å²) in [5.41, 5.74) is 1.50. The summed E-state index contributed by atoms with van der Waals surface area (Å²) in [5, 5.41) is 5.69. The first-order valence-corrected chi connectivity index (χ1v) is 7.66. The number of anilines is 1. The first-order chi connectivity index (χ1) is 11.3. The van der Waals surface area contributed by atoms with Crippen molar-refractivity contribution >= 4 is 17.5 Å². The van der Waals surface area contributed by atoms with E-state index >= 15 is 0 Å². The van der Waals surface area contributed by atoms with Crippen LogP contribution in [0.15, 0.2) is 48.5 Å². The lowest BCUT2D eigenvalue weighted by Crippen LogP contribution is -2.41. The molecule has 0 radical (unpaired) electrons. The van der Waals surface area contributed by atoms with Crippen LogP contribution in [0.25, 0.3) is 0 Å². The fourth-order valence-electron chi connectivity index (χ4n) is 2.38. The molecule has 2 rings (SSSR count). The number of rotatable bonds is 5. The van der Waals surface area contributed by atoms with Crippen molar-refractivity contribution in [2.45, 2.75) is 26.3 Å². The standard InChI is InChI=1S/C19H22N2O3/c1-13(22)20-16-7-5-6-14(12-16)18(23)21-19(2,3)15-8-10-17(24-4)11-9-15/h5-12H,1-4H3,(H,20,22)(H,21,23). The molecular weight excluding hydrogens is 304 g/mol. The Morgan fingerprint density at radius 2 is 1.71 bits per heavy atom. The third kappa shape index (κ3) is 4.35. The Kier molecular flexibility index (Phi) is 5.24. The molecule has 2 aromatic rings. The van der Waals surface area contributed by atoms with Gasteiger partial charge in [-0.1, -0.05) is 18.2 Å². The van der Waals surface area contributed by atoms with E-state index in [-0.39, 0.29) is 11.8 Å². The Balaban J connectivity index is 2.16. The quantitative estimate of drug-likeness (QED) is 0.886. The van der Waals surface area contributed by atoms with E-state index in [9.17, 15) is 9.59 Å². The second-order valence-electron chi connectivity index (χ2n) is 6.07. The second-order valence-corrected chi connectivity index (χ2v) is 6.07. The third-order valence-electron chi connectivity index (χ3n) is 3.68. The second kappa shape index (κ2) is 7.17. The van der Waals surface area contributed by atoms with Gasteiger partial charge in [-0.15, -0.1) is 0 Å². The summed E-state index contributed by atoms with van der Waals surface area (Å²) < 4.78 is 5.16. The molecule has 126 valence electrons. The maximum absolute atomic E-state index is 12.5. The van der Waals surface area contributed by atoms with Crippen LogP contribution in [0, 0.1) is 0 Å². The Bertz CT molecular complexity index is 737. The number of amides is 2. The van der Waals surface area contributed by atoms with Crippen LogP contribution >= 0.6 is 0 Å². The number of ether oxygens (including phenoxy) is 1.